The van der Waals surface area contributed by atoms with Gasteiger partial charge in [-0.3, -0.25) is 4.79 Å². The number of hydrogen-bond donors (Lipinski definition) is 1. The molecule has 0 unspecified atom stereocenters. The molecule has 2 nitrogen and oxygen atoms in total. The first-order valence-electron chi connectivity index (χ1n) is 7.79. The van der Waals surface area contributed by atoms with Gasteiger partial charge in [-0.05, 0) is 56.3 Å². The molecule has 4 bridgehead atoms. The zero-order chi connectivity index (χ0) is 13.7. The lowest BCUT2D eigenvalue weighted by Crippen LogP contribution is -2.60. The maximum Gasteiger partial charge on any atom is 0.230 e. The molecule has 108 valence electrons. The minimum Gasteiger partial charge on any atom is -0.350 e. The Morgan fingerprint density at radius 2 is 1.58 bits per heavy atom. The highest BCUT2D eigenvalue weighted by Gasteiger charge is 2.51. The number of amides is 1. The van der Waals surface area contributed by atoms with Crippen LogP contribution in [-0.2, 0) is 4.79 Å². The summed E-state index contributed by atoms with van der Waals surface area (Å²) in [6.07, 6.45) is 8.07. The summed E-state index contributed by atoms with van der Waals surface area (Å²) < 4.78 is 0.179. The molecule has 3 heteroatoms. The molecule has 4 aliphatic carbocycles. The fourth-order valence-corrected chi connectivity index (χ4v) is 5.51. The zero-order valence-corrected chi connectivity index (χ0v) is 13.3. The Labute approximate surface area is 121 Å². The molecule has 0 aromatic rings. The zero-order valence-electron chi connectivity index (χ0n) is 12.5. The van der Waals surface area contributed by atoms with Gasteiger partial charge in [-0.2, -0.15) is 0 Å². The van der Waals surface area contributed by atoms with E-state index in [1.54, 1.807) is 11.8 Å². The lowest BCUT2D eigenvalue weighted by Gasteiger charge is -2.56. The van der Waals surface area contributed by atoms with Gasteiger partial charge in [-0.15, -0.1) is 11.8 Å². The average molecular weight is 281 g/mol. The summed E-state index contributed by atoms with van der Waals surface area (Å²) in [5.41, 5.74) is 0.185. The number of thioether (sulfide) groups is 1. The fourth-order valence-electron chi connectivity index (χ4n) is 4.88. The summed E-state index contributed by atoms with van der Waals surface area (Å²) in [7, 11) is 0. The Morgan fingerprint density at radius 3 is 2.00 bits per heavy atom. The fraction of sp³-hybridized carbons (Fsp3) is 0.938. The molecule has 4 saturated carbocycles. The van der Waals surface area contributed by atoms with Crippen molar-refractivity contribution in [2.24, 2.45) is 17.8 Å². The van der Waals surface area contributed by atoms with Crippen molar-refractivity contribution in [2.75, 3.05) is 5.75 Å². The van der Waals surface area contributed by atoms with Crippen molar-refractivity contribution >= 4 is 17.7 Å². The minimum absolute atomic E-state index is 0.179. The van der Waals surface area contributed by atoms with E-state index in [1.807, 2.05) is 0 Å². The Kier molecular flexibility index (Phi) is 3.40. The monoisotopic (exact) mass is 281 g/mol. The number of hydrogen-bond acceptors (Lipinski definition) is 2. The lowest BCUT2D eigenvalue weighted by atomic mass is 9.53. The van der Waals surface area contributed by atoms with E-state index in [-0.39, 0.29) is 16.2 Å². The minimum atomic E-state index is 0.179. The highest BCUT2D eigenvalue weighted by molar-refractivity contribution is 8.01. The van der Waals surface area contributed by atoms with Gasteiger partial charge in [-0.25, -0.2) is 0 Å². The first kappa shape index (κ1) is 13.8. The third-order valence-electron chi connectivity index (χ3n) is 5.08. The molecule has 0 atom stereocenters. The summed E-state index contributed by atoms with van der Waals surface area (Å²) in [5, 5.41) is 3.44. The van der Waals surface area contributed by atoms with E-state index in [2.05, 4.69) is 26.1 Å². The number of carbonyl (C=O) groups excluding carboxylic acids is 1. The first-order chi connectivity index (χ1) is 8.84. The van der Waals surface area contributed by atoms with Gasteiger partial charge in [0.05, 0.1) is 5.75 Å². The first-order valence-corrected chi connectivity index (χ1v) is 8.77. The topological polar surface area (TPSA) is 29.1 Å². The van der Waals surface area contributed by atoms with Gasteiger partial charge < -0.3 is 5.32 Å². The molecule has 0 heterocycles. The second-order valence-corrected chi connectivity index (χ2v) is 9.95. The van der Waals surface area contributed by atoms with Gasteiger partial charge in [0.2, 0.25) is 5.91 Å². The van der Waals surface area contributed by atoms with Crippen molar-refractivity contribution in [3.8, 4) is 0 Å². The maximum absolute atomic E-state index is 12.2. The molecule has 0 aromatic heterocycles. The van der Waals surface area contributed by atoms with E-state index in [4.69, 9.17) is 0 Å². The van der Waals surface area contributed by atoms with Gasteiger partial charge in [0, 0.05) is 10.3 Å². The highest BCUT2D eigenvalue weighted by atomic mass is 32.2. The molecular formula is C16H27NOS. The van der Waals surface area contributed by atoms with Crippen LogP contribution < -0.4 is 5.32 Å². The molecule has 0 saturated heterocycles. The molecule has 4 rings (SSSR count). The van der Waals surface area contributed by atoms with Gasteiger partial charge in [0.1, 0.15) is 0 Å². The molecule has 0 spiro atoms. The van der Waals surface area contributed by atoms with Gasteiger partial charge in [0.15, 0.2) is 0 Å². The number of nitrogens with one attached hydrogen (secondary N) is 1. The summed E-state index contributed by atoms with van der Waals surface area (Å²) >= 11 is 1.76. The van der Waals surface area contributed by atoms with Crippen molar-refractivity contribution in [3.05, 3.63) is 0 Å². The lowest BCUT2D eigenvalue weighted by molar-refractivity contribution is -0.124. The van der Waals surface area contributed by atoms with E-state index < -0.39 is 0 Å². The quantitative estimate of drug-likeness (QED) is 0.856. The van der Waals surface area contributed by atoms with Crippen LogP contribution in [0.4, 0.5) is 0 Å². The van der Waals surface area contributed by atoms with Gasteiger partial charge >= 0.3 is 0 Å². The van der Waals surface area contributed by atoms with Crippen LogP contribution in [0.5, 0.6) is 0 Å². The van der Waals surface area contributed by atoms with Crippen molar-refractivity contribution < 1.29 is 4.79 Å². The van der Waals surface area contributed by atoms with E-state index in [0.717, 1.165) is 17.8 Å². The van der Waals surface area contributed by atoms with Crippen molar-refractivity contribution in [1.29, 1.82) is 0 Å². The SMILES string of the molecule is CC(C)(C)SCC(=O)NC12CC3CC(CC(C3)C1)C2. The smallest absolute Gasteiger partial charge is 0.230 e. The van der Waals surface area contributed by atoms with Crippen LogP contribution in [0.25, 0.3) is 0 Å². The molecule has 4 fully saturated rings. The molecule has 19 heavy (non-hydrogen) atoms. The van der Waals surface area contributed by atoms with Crippen LogP contribution in [-0.4, -0.2) is 21.9 Å². The second kappa shape index (κ2) is 4.68. The predicted molar refractivity (Wildman–Crippen MR) is 81.3 cm³/mol. The van der Waals surface area contributed by atoms with Crippen LogP contribution in [0.2, 0.25) is 0 Å². The van der Waals surface area contributed by atoms with Crippen molar-refractivity contribution in [3.63, 3.8) is 0 Å². The van der Waals surface area contributed by atoms with Gasteiger partial charge in [0.25, 0.3) is 0 Å². The normalized spacial score (nSPS) is 40.5. The van der Waals surface area contributed by atoms with E-state index in [0.29, 0.717) is 5.75 Å². The Bertz CT molecular complexity index is 336. The van der Waals surface area contributed by atoms with Crippen LogP contribution in [0, 0.1) is 17.8 Å². The molecule has 1 amide bonds. The molecular weight excluding hydrogens is 254 g/mol. The summed E-state index contributed by atoms with van der Waals surface area (Å²) in [6.45, 7) is 6.53. The van der Waals surface area contributed by atoms with Gasteiger partial charge in [-0.1, -0.05) is 20.8 Å². The molecule has 0 radical (unpaired) electrons. The Morgan fingerprint density at radius 1 is 1.11 bits per heavy atom. The third kappa shape index (κ3) is 3.12. The second-order valence-electron chi connectivity index (χ2n) is 8.15. The average Bonchev–Trinajstić information content (AvgIpc) is 2.22. The van der Waals surface area contributed by atoms with E-state index in [1.165, 1.54) is 38.5 Å². The van der Waals surface area contributed by atoms with Crippen LogP contribution in [0.15, 0.2) is 0 Å². The van der Waals surface area contributed by atoms with E-state index >= 15 is 0 Å². The molecule has 0 aromatic carbocycles. The predicted octanol–water partition coefficient (Wildman–Crippen LogP) is 3.60. The molecule has 1 N–H and O–H groups in total. The number of carbonyl (C=O) groups is 1. The maximum atomic E-state index is 12.2. The summed E-state index contributed by atoms with van der Waals surface area (Å²) in [4.78, 5) is 12.2. The van der Waals surface area contributed by atoms with Crippen LogP contribution in [0.3, 0.4) is 0 Å². The molecule has 4 aliphatic rings. The third-order valence-corrected chi connectivity index (χ3v) is 6.35. The van der Waals surface area contributed by atoms with Crippen LogP contribution >= 0.6 is 11.8 Å². The van der Waals surface area contributed by atoms with Crippen LogP contribution in [0.1, 0.15) is 59.3 Å². The Hall–Kier alpha value is -0.180. The summed E-state index contributed by atoms with van der Waals surface area (Å²) in [6, 6.07) is 0. The highest BCUT2D eigenvalue weighted by Crippen LogP contribution is 2.55. The molecule has 0 aliphatic heterocycles. The van der Waals surface area contributed by atoms with Crippen molar-refractivity contribution in [1.82, 2.24) is 5.32 Å². The Balaban J connectivity index is 1.59. The largest absolute Gasteiger partial charge is 0.350 e. The van der Waals surface area contributed by atoms with Crippen molar-refractivity contribution in [2.45, 2.75) is 69.6 Å². The number of rotatable bonds is 3. The van der Waals surface area contributed by atoms with E-state index in [9.17, 15) is 4.79 Å². The standard InChI is InChI=1S/C16H27NOS/c1-15(2,3)19-10-14(18)17-16-7-11-4-12(8-16)6-13(5-11)9-16/h11-13H,4-10H2,1-3H3,(H,17,18). The summed E-state index contributed by atoms with van der Waals surface area (Å²) in [5.74, 6) is 3.60.